The van der Waals surface area contributed by atoms with Gasteiger partial charge in [-0.1, -0.05) is 45.1 Å². The fourth-order valence-electron chi connectivity index (χ4n) is 2.36. The van der Waals surface area contributed by atoms with Gasteiger partial charge < -0.3 is 0 Å². The van der Waals surface area contributed by atoms with E-state index in [4.69, 9.17) is 0 Å². The van der Waals surface area contributed by atoms with Gasteiger partial charge in [-0.2, -0.15) is 65.9 Å². The maximum Gasteiger partial charge on any atom is 0.460 e. The topological polar surface area (TPSA) is 0 Å². The highest BCUT2D eigenvalue weighted by Crippen LogP contribution is 2.62. The van der Waals surface area contributed by atoms with E-state index in [-0.39, 0.29) is 12.5 Å². The minimum absolute atomic E-state index is 0.0737. The van der Waals surface area contributed by atoms with Crippen molar-refractivity contribution in [1.82, 2.24) is 0 Å². The molecule has 0 aromatic heterocycles. The molecular formula is C17H19F15. The molecular weight excluding hydrogens is 489 g/mol. The van der Waals surface area contributed by atoms with Crippen LogP contribution in [0.2, 0.25) is 0 Å². The molecule has 0 amide bonds. The smallest absolute Gasteiger partial charge is 0.195 e. The van der Waals surface area contributed by atoms with Gasteiger partial charge in [0, 0.05) is 0 Å². The van der Waals surface area contributed by atoms with E-state index < -0.39 is 54.2 Å². The van der Waals surface area contributed by atoms with Crippen LogP contribution in [0, 0.1) is 0 Å². The van der Waals surface area contributed by atoms with Crippen molar-refractivity contribution < 1.29 is 65.9 Å². The van der Waals surface area contributed by atoms with Crippen LogP contribution in [-0.2, 0) is 0 Å². The van der Waals surface area contributed by atoms with E-state index >= 15 is 0 Å². The summed E-state index contributed by atoms with van der Waals surface area (Å²) in [5.74, 6) is -46.2. The number of hydrogen-bond acceptors (Lipinski definition) is 0. The molecule has 0 bridgehead atoms. The number of hydrogen-bond donors (Lipinski definition) is 0. The Balaban J connectivity index is 5.74. The Morgan fingerprint density at radius 3 is 1.28 bits per heavy atom. The van der Waals surface area contributed by atoms with Gasteiger partial charge in [-0.3, -0.25) is 0 Å². The number of halogens is 15. The van der Waals surface area contributed by atoms with Crippen LogP contribution in [0.15, 0.2) is 12.2 Å². The van der Waals surface area contributed by atoms with E-state index in [1.807, 2.05) is 6.92 Å². The lowest BCUT2D eigenvalue weighted by atomic mass is 9.91. The molecule has 0 saturated carbocycles. The summed E-state index contributed by atoms with van der Waals surface area (Å²) in [5.41, 5.74) is 0. The van der Waals surface area contributed by atoms with Crippen LogP contribution < -0.4 is 0 Å². The van der Waals surface area contributed by atoms with Gasteiger partial charge >= 0.3 is 41.7 Å². The third-order valence-electron chi connectivity index (χ3n) is 4.40. The average molecular weight is 508 g/mol. The van der Waals surface area contributed by atoms with E-state index in [2.05, 4.69) is 0 Å². The first-order chi connectivity index (χ1) is 14.1. The fourth-order valence-corrected chi connectivity index (χ4v) is 2.36. The Kier molecular flexibility index (Phi) is 9.49. The summed E-state index contributed by atoms with van der Waals surface area (Å²) in [4.78, 5) is 0. The van der Waals surface area contributed by atoms with Crippen LogP contribution in [0.3, 0.4) is 0 Å². The second-order valence-electron chi connectivity index (χ2n) is 6.95. The lowest BCUT2D eigenvalue weighted by Gasteiger charge is -2.41. The molecule has 192 valence electrons. The van der Waals surface area contributed by atoms with Gasteiger partial charge in [0.1, 0.15) is 0 Å². The van der Waals surface area contributed by atoms with Gasteiger partial charge in [0.15, 0.2) is 0 Å². The average Bonchev–Trinajstić information content (AvgIpc) is 2.62. The number of allylic oxidation sites excluding steroid dienone is 2. The molecule has 0 saturated heterocycles. The van der Waals surface area contributed by atoms with Crippen molar-refractivity contribution in [2.24, 2.45) is 0 Å². The first-order valence-electron chi connectivity index (χ1n) is 9.07. The van der Waals surface area contributed by atoms with Crippen molar-refractivity contribution in [2.45, 2.75) is 93.6 Å². The molecule has 0 aliphatic carbocycles. The molecule has 0 nitrogen and oxygen atoms in total. The quantitative estimate of drug-likeness (QED) is 0.133. The molecule has 0 rings (SSSR count). The van der Waals surface area contributed by atoms with Crippen LogP contribution in [0.5, 0.6) is 0 Å². The van der Waals surface area contributed by atoms with Crippen molar-refractivity contribution in [2.75, 3.05) is 0 Å². The van der Waals surface area contributed by atoms with Gasteiger partial charge in [-0.25, -0.2) is 0 Å². The summed E-state index contributed by atoms with van der Waals surface area (Å²) in [6, 6.07) is 0. The van der Waals surface area contributed by atoms with Crippen molar-refractivity contribution in [3.8, 4) is 0 Å². The van der Waals surface area contributed by atoms with E-state index in [0.29, 0.717) is 12.8 Å². The Morgan fingerprint density at radius 2 is 0.844 bits per heavy atom. The van der Waals surface area contributed by atoms with Crippen LogP contribution in [0.25, 0.3) is 0 Å². The molecule has 0 heterocycles. The molecule has 0 unspecified atom stereocenters. The second-order valence-corrected chi connectivity index (χ2v) is 6.95. The predicted octanol–water partition coefficient (Wildman–Crippen LogP) is 8.67. The summed E-state index contributed by atoms with van der Waals surface area (Å²) in [7, 11) is 0. The Morgan fingerprint density at radius 1 is 0.469 bits per heavy atom. The molecule has 32 heavy (non-hydrogen) atoms. The summed E-state index contributed by atoms with van der Waals surface area (Å²) < 4.78 is 195. The van der Waals surface area contributed by atoms with Crippen LogP contribution in [0.4, 0.5) is 65.9 Å². The van der Waals surface area contributed by atoms with Gasteiger partial charge in [-0.05, 0) is 18.9 Å². The van der Waals surface area contributed by atoms with E-state index in [1.165, 1.54) is 0 Å². The molecule has 0 spiro atoms. The highest BCUT2D eigenvalue weighted by atomic mass is 19.4. The Bertz CT molecular complexity index is 616. The highest BCUT2D eigenvalue weighted by molar-refractivity contribution is 5.16. The molecule has 0 aromatic rings. The first kappa shape index (κ1) is 30.7. The zero-order valence-corrected chi connectivity index (χ0v) is 16.3. The van der Waals surface area contributed by atoms with Gasteiger partial charge in [-0.15, -0.1) is 0 Å². The van der Waals surface area contributed by atoms with Gasteiger partial charge in [0.25, 0.3) is 0 Å². The lowest BCUT2D eigenvalue weighted by molar-refractivity contribution is -0.449. The van der Waals surface area contributed by atoms with Gasteiger partial charge in [0.2, 0.25) is 0 Å². The minimum atomic E-state index is -8.24. The molecule has 0 fully saturated rings. The van der Waals surface area contributed by atoms with Crippen LogP contribution in [0.1, 0.15) is 51.9 Å². The lowest BCUT2D eigenvalue weighted by Crippen LogP contribution is -2.72. The third kappa shape index (κ3) is 5.42. The number of rotatable bonds is 13. The summed E-state index contributed by atoms with van der Waals surface area (Å²) in [6.45, 7) is 1.88. The number of unbranched alkanes of at least 4 members (excludes halogenated alkanes) is 6. The number of alkyl halides is 15. The summed E-state index contributed by atoms with van der Waals surface area (Å²) in [5, 5.41) is 0. The molecule has 0 atom stereocenters. The third-order valence-corrected chi connectivity index (χ3v) is 4.40. The first-order valence-corrected chi connectivity index (χ1v) is 9.07. The fraction of sp³-hybridized carbons (Fsp3) is 0.882. The molecule has 0 aliphatic rings. The molecule has 0 aromatic carbocycles. The van der Waals surface area contributed by atoms with Crippen molar-refractivity contribution in [3.05, 3.63) is 12.2 Å². The summed E-state index contributed by atoms with van der Waals surface area (Å²) >= 11 is 0. The summed E-state index contributed by atoms with van der Waals surface area (Å²) in [6.07, 6.45) is -5.40. The van der Waals surface area contributed by atoms with Crippen molar-refractivity contribution >= 4 is 0 Å². The molecule has 0 radical (unpaired) electrons. The van der Waals surface area contributed by atoms with E-state index in [1.54, 1.807) is 0 Å². The second kappa shape index (κ2) is 9.90. The molecule has 0 aliphatic heterocycles. The predicted molar refractivity (Wildman–Crippen MR) is 82.9 cm³/mol. The zero-order chi connectivity index (χ0) is 25.9. The molecule has 15 heteroatoms. The Hall–Kier alpha value is -1.31. The van der Waals surface area contributed by atoms with Crippen molar-refractivity contribution in [3.63, 3.8) is 0 Å². The monoisotopic (exact) mass is 508 g/mol. The SMILES string of the molecule is CCCCCCCCC=CC(F)(F)C(F)(F)C(F)(F)C(F)(F)C(F)(F)C(F)(F)C(F)(F)F. The van der Waals surface area contributed by atoms with Crippen LogP contribution >= 0.6 is 0 Å². The largest absolute Gasteiger partial charge is 0.460 e. The van der Waals surface area contributed by atoms with E-state index in [0.717, 1.165) is 19.3 Å². The maximum absolute atomic E-state index is 13.5. The Labute approximate surface area is 172 Å². The maximum atomic E-state index is 13.5. The minimum Gasteiger partial charge on any atom is -0.195 e. The normalized spacial score (nSPS) is 15.6. The molecule has 0 N–H and O–H groups in total. The standard InChI is InChI=1S/C17H19F15/c1-2-3-4-5-6-7-8-9-10-11(18,19)12(20,21)13(22,23)14(24,25)15(26,27)16(28,29)17(30,31)32/h9-10H,2-8H2,1H3. The zero-order valence-electron chi connectivity index (χ0n) is 16.3. The van der Waals surface area contributed by atoms with Gasteiger partial charge in [0.05, 0.1) is 0 Å². The highest BCUT2D eigenvalue weighted by Gasteiger charge is 2.93. The van der Waals surface area contributed by atoms with Crippen molar-refractivity contribution in [1.29, 1.82) is 0 Å². The van der Waals surface area contributed by atoms with Crippen LogP contribution in [-0.4, -0.2) is 41.7 Å². The van der Waals surface area contributed by atoms with E-state index in [9.17, 15) is 65.9 Å².